The lowest BCUT2D eigenvalue weighted by molar-refractivity contribution is -0.159. The van der Waals surface area contributed by atoms with Crippen molar-refractivity contribution in [3.63, 3.8) is 0 Å². The van der Waals surface area contributed by atoms with Crippen molar-refractivity contribution in [2.45, 2.75) is 58.4 Å². The fourth-order valence-electron chi connectivity index (χ4n) is 4.01. The molecule has 0 heterocycles. The lowest BCUT2D eigenvalue weighted by atomic mass is 9.65. The largest absolute Gasteiger partial charge is 0.469 e. The molecule has 25 heavy (non-hydrogen) atoms. The van der Waals surface area contributed by atoms with Crippen LogP contribution in [0.5, 0.6) is 0 Å². The van der Waals surface area contributed by atoms with Crippen LogP contribution in [-0.2, 0) is 9.53 Å². The smallest absolute Gasteiger partial charge is 0.313 e. The highest BCUT2D eigenvalue weighted by Crippen LogP contribution is 2.42. The summed E-state index contributed by atoms with van der Waals surface area (Å²) in [4.78, 5) is 25.0. The highest BCUT2D eigenvalue weighted by molar-refractivity contribution is 5.93. The minimum atomic E-state index is -0.659. The first kappa shape index (κ1) is 19.4. The molecule has 1 amide bonds. The minimum absolute atomic E-state index is 0.185. The van der Waals surface area contributed by atoms with Crippen molar-refractivity contribution in [3.8, 4) is 0 Å². The molecule has 1 fully saturated rings. The zero-order chi connectivity index (χ0) is 18.3. The third-order valence-electron chi connectivity index (χ3n) is 5.61. The van der Waals surface area contributed by atoms with Crippen molar-refractivity contribution in [2.24, 2.45) is 11.3 Å². The summed E-state index contributed by atoms with van der Waals surface area (Å²) < 4.78 is 5.15. The molecule has 2 unspecified atom stereocenters. The predicted molar refractivity (Wildman–Crippen MR) is 97.8 cm³/mol. The molecule has 5 nitrogen and oxygen atoms in total. The quantitative estimate of drug-likeness (QED) is 0.586. The van der Waals surface area contributed by atoms with Gasteiger partial charge in [-0.2, -0.15) is 0 Å². The summed E-state index contributed by atoms with van der Waals surface area (Å²) in [5.41, 5.74) is 5.82. The van der Waals surface area contributed by atoms with Crippen LogP contribution in [0.4, 0.5) is 0 Å². The maximum absolute atomic E-state index is 12.7. The van der Waals surface area contributed by atoms with Gasteiger partial charge in [-0.1, -0.05) is 44.4 Å². The van der Waals surface area contributed by atoms with Gasteiger partial charge in [0.25, 0.3) is 5.91 Å². The first-order chi connectivity index (χ1) is 12.0. The van der Waals surface area contributed by atoms with E-state index < -0.39 is 5.41 Å². The van der Waals surface area contributed by atoms with E-state index >= 15 is 0 Å². The highest BCUT2D eigenvalue weighted by atomic mass is 16.5. The van der Waals surface area contributed by atoms with Gasteiger partial charge in [0.1, 0.15) is 0 Å². The number of benzene rings is 1. The number of rotatable bonds is 7. The molecule has 1 aromatic carbocycles. The van der Waals surface area contributed by atoms with Gasteiger partial charge in [-0.15, -0.1) is 0 Å². The van der Waals surface area contributed by atoms with Crippen LogP contribution in [0, 0.1) is 11.3 Å². The predicted octanol–water partition coefficient (Wildman–Crippen LogP) is 3.46. The molecule has 138 valence electrons. The Morgan fingerprint density at radius 2 is 1.84 bits per heavy atom. The zero-order valence-electron chi connectivity index (χ0n) is 15.5. The van der Waals surface area contributed by atoms with Gasteiger partial charge in [0.15, 0.2) is 0 Å². The van der Waals surface area contributed by atoms with E-state index in [1.54, 1.807) is 12.1 Å². The van der Waals surface area contributed by atoms with Crippen molar-refractivity contribution in [2.75, 3.05) is 7.11 Å². The first-order valence-electron chi connectivity index (χ1n) is 9.23. The number of methoxy groups -OCH3 is 1. The van der Waals surface area contributed by atoms with Crippen LogP contribution in [-0.4, -0.2) is 25.0 Å². The van der Waals surface area contributed by atoms with E-state index in [4.69, 9.17) is 4.74 Å². The Balaban J connectivity index is 2.13. The van der Waals surface area contributed by atoms with Crippen molar-refractivity contribution >= 4 is 11.9 Å². The van der Waals surface area contributed by atoms with Crippen LogP contribution >= 0.6 is 0 Å². The number of hydrogen-bond acceptors (Lipinski definition) is 4. The van der Waals surface area contributed by atoms with E-state index in [1.165, 1.54) is 13.5 Å². The standard InChI is InChI=1S/C20H30N2O3/c1-4-17(21-22-18(23)15-11-7-5-8-12-15)20(2,19(24)25-3)16-13-9-6-10-14-16/h5,7-8,11-12,16-17,21H,4,6,9-10,13-14H2,1-3H3,(H,22,23). The zero-order valence-corrected chi connectivity index (χ0v) is 15.5. The van der Waals surface area contributed by atoms with Gasteiger partial charge in [0.2, 0.25) is 0 Å². The Hall–Kier alpha value is -1.88. The van der Waals surface area contributed by atoms with Crippen LogP contribution in [0.3, 0.4) is 0 Å². The number of carbonyl (C=O) groups excluding carboxylic acids is 2. The van der Waals surface area contributed by atoms with Gasteiger partial charge < -0.3 is 4.74 Å². The average Bonchev–Trinajstić information content (AvgIpc) is 2.68. The Morgan fingerprint density at radius 1 is 1.20 bits per heavy atom. The number of carbonyl (C=O) groups is 2. The average molecular weight is 346 g/mol. The molecule has 0 radical (unpaired) electrons. The normalized spacial score (nSPS) is 18.8. The van der Waals surface area contributed by atoms with Gasteiger partial charge in [-0.3, -0.25) is 15.0 Å². The number of hydrogen-bond donors (Lipinski definition) is 2. The Kier molecular flexibility index (Phi) is 7.00. The molecule has 5 heteroatoms. The summed E-state index contributed by atoms with van der Waals surface area (Å²) in [7, 11) is 1.44. The van der Waals surface area contributed by atoms with E-state index in [0.29, 0.717) is 5.56 Å². The number of esters is 1. The van der Waals surface area contributed by atoms with E-state index in [1.807, 2.05) is 32.0 Å². The summed E-state index contributed by atoms with van der Waals surface area (Å²) in [6, 6.07) is 8.86. The fourth-order valence-corrected chi connectivity index (χ4v) is 4.01. The van der Waals surface area contributed by atoms with Gasteiger partial charge in [-0.05, 0) is 44.2 Å². The molecule has 0 spiro atoms. The minimum Gasteiger partial charge on any atom is -0.469 e. The molecular formula is C20H30N2O3. The second-order valence-electron chi connectivity index (χ2n) is 7.03. The third-order valence-corrected chi connectivity index (χ3v) is 5.61. The Bertz CT molecular complexity index is 570. The van der Waals surface area contributed by atoms with Gasteiger partial charge in [-0.25, -0.2) is 5.43 Å². The Labute approximate surface area is 150 Å². The number of hydrazine groups is 1. The van der Waals surface area contributed by atoms with E-state index in [-0.39, 0.29) is 23.8 Å². The molecule has 1 aliphatic rings. The molecule has 0 bridgehead atoms. The number of ether oxygens (including phenoxy) is 1. The molecule has 0 aromatic heterocycles. The van der Waals surface area contributed by atoms with Gasteiger partial charge in [0, 0.05) is 11.6 Å². The Morgan fingerprint density at radius 3 is 2.40 bits per heavy atom. The summed E-state index contributed by atoms with van der Waals surface area (Å²) in [5.74, 6) is -0.137. The monoisotopic (exact) mass is 346 g/mol. The lowest BCUT2D eigenvalue weighted by Gasteiger charge is -2.43. The van der Waals surface area contributed by atoms with Crippen molar-refractivity contribution < 1.29 is 14.3 Å². The second kappa shape index (κ2) is 8.99. The number of amides is 1. The summed E-state index contributed by atoms with van der Waals surface area (Å²) >= 11 is 0. The van der Waals surface area contributed by atoms with Crippen LogP contribution in [0.15, 0.2) is 30.3 Å². The third kappa shape index (κ3) is 4.40. The van der Waals surface area contributed by atoms with Gasteiger partial charge >= 0.3 is 5.97 Å². The maximum atomic E-state index is 12.7. The van der Waals surface area contributed by atoms with Crippen LogP contribution in [0.1, 0.15) is 62.7 Å². The maximum Gasteiger partial charge on any atom is 0.313 e. The van der Waals surface area contributed by atoms with Crippen molar-refractivity contribution in [1.82, 2.24) is 10.9 Å². The molecule has 2 rings (SSSR count). The van der Waals surface area contributed by atoms with Crippen molar-refractivity contribution in [3.05, 3.63) is 35.9 Å². The van der Waals surface area contributed by atoms with Gasteiger partial charge in [0.05, 0.1) is 12.5 Å². The molecule has 1 saturated carbocycles. The molecule has 0 saturated heterocycles. The summed E-state index contributed by atoms with van der Waals surface area (Å²) in [6.07, 6.45) is 6.28. The van der Waals surface area contributed by atoms with Crippen LogP contribution in [0.2, 0.25) is 0 Å². The number of nitrogens with one attached hydrogen (secondary N) is 2. The molecule has 0 aliphatic heterocycles. The van der Waals surface area contributed by atoms with Crippen LogP contribution < -0.4 is 10.9 Å². The molecule has 1 aromatic rings. The van der Waals surface area contributed by atoms with E-state index in [0.717, 1.165) is 32.1 Å². The summed E-state index contributed by atoms with van der Waals surface area (Å²) in [6.45, 7) is 4.00. The van der Waals surface area contributed by atoms with E-state index in [9.17, 15) is 9.59 Å². The molecule has 1 aliphatic carbocycles. The lowest BCUT2D eigenvalue weighted by Crippen LogP contribution is -2.57. The topological polar surface area (TPSA) is 67.4 Å². The second-order valence-corrected chi connectivity index (χ2v) is 7.03. The SMILES string of the molecule is CCC(NNC(=O)c1ccccc1)C(C)(C(=O)OC)C1CCCCC1. The van der Waals surface area contributed by atoms with Crippen LogP contribution in [0.25, 0.3) is 0 Å². The molecular weight excluding hydrogens is 316 g/mol. The fraction of sp³-hybridized carbons (Fsp3) is 0.600. The van der Waals surface area contributed by atoms with Crippen molar-refractivity contribution in [1.29, 1.82) is 0 Å². The highest BCUT2D eigenvalue weighted by Gasteiger charge is 2.48. The molecule has 2 atom stereocenters. The van der Waals surface area contributed by atoms with E-state index in [2.05, 4.69) is 10.9 Å². The molecule has 2 N–H and O–H groups in total. The first-order valence-corrected chi connectivity index (χ1v) is 9.23. The summed E-state index contributed by atoms with van der Waals surface area (Å²) in [5, 5.41) is 0.